The molecule has 0 spiro atoms. The third kappa shape index (κ3) is 3.47. The van der Waals surface area contributed by atoms with Gasteiger partial charge >= 0.3 is 5.97 Å². The normalized spacial score (nSPS) is 10.6. The Labute approximate surface area is 113 Å². The summed E-state index contributed by atoms with van der Waals surface area (Å²) in [5.41, 5.74) is 0.923. The van der Waals surface area contributed by atoms with E-state index in [1.165, 1.54) is 16.4 Å². The summed E-state index contributed by atoms with van der Waals surface area (Å²) in [7, 11) is 0. The first-order chi connectivity index (χ1) is 9.08. The Kier molecular flexibility index (Phi) is 4.05. The third-order valence-corrected chi connectivity index (χ3v) is 3.10. The molecule has 2 aromatic rings. The topological polar surface area (TPSA) is 107 Å². The van der Waals surface area contributed by atoms with Crippen LogP contribution in [-0.4, -0.2) is 41.3 Å². The second kappa shape index (κ2) is 5.74. The summed E-state index contributed by atoms with van der Waals surface area (Å²) in [6.07, 6.45) is 0.803. The van der Waals surface area contributed by atoms with Gasteiger partial charge in [-0.15, -0.1) is 5.10 Å². The molecule has 0 saturated carbocycles. The fraction of sp³-hybridized carbons (Fsp3) is 0.400. The minimum Gasteiger partial charge on any atom is -0.480 e. The molecule has 0 saturated heterocycles. The number of carbonyl (C=O) groups is 1. The third-order valence-electron chi connectivity index (χ3n) is 2.21. The van der Waals surface area contributed by atoms with Gasteiger partial charge in [-0.2, -0.15) is 0 Å². The summed E-state index contributed by atoms with van der Waals surface area (Å²) in [5, 5.41) is 20.7. The van der Waals surface area contributed by atoms with E-state index in [-0.39, 0.29) is 6.54 Å². The average Bonchev–Trinajstić information content (AvgIpc) is 2.75. The van der Waals surface area contributed by atoms with Gasteiger partial charge in [-0.05, 0) is 41.6 Å². The molecular formula is C10H12N6O2S. The van der Waals surface area contributed by atoms with Crippen molar-refractivity contribution >= 4 is 17.7 Å². The Bertz CT molecular complexity index is 599. The molecule has 100 valence electrons. The smallest absolute Gasteiger partial charge is 0.325 e. The van der Waals surface area contributed by atoms with Gasteiger partial charge in [0.05, 0.1) is 0 Å². The molecule has 0 aromatic carbocycles. The minimum atomic E-state index is -0.998. The summed E-state index contributed by atoms with van der Waals surface area (Å²) in [6, 6.07) is 1.84. The van der Waals surface area contributed by atoms with Gasteiger partial charge < -0.3 is 5.11 Å². The summed E-state index contributed by atoms with van der Waals surface area (Å²) in [6.45, 7) is 3.54. The van der Waals surface area contributed by atoms with Crippen LogP contribution in [0.15, 0.2) is 16.2 Å². The number of aliphatic carboxylic acids is 1. The van der Waals surface area contributed by atoms with Crippen molar-refractivity contribution in [3.8, 4) is 0 Å². The number of aromatic nitrogens is 6. The van der Waals surface area contributed by atoms with Crippen molar-refractivity contribution < 1.29 is 9.90 Å². The van der Waals surface area contributed by atoms with Crippen molar-refractivity contribution in [3.63, 3.8) is 0 Å². The van der Waals surface area contributed by atoms with Crippen LogP contribution in [0.3, 0.4) is 0 Å². The molecule has 8 nitrogen and oxygen atoms in total. The number of hydrogen-bond donors (Lipinski definition) is 1. The van der Waals surface area contributed by atoms with E-state index in [1.807, 2.05) is 19.9 Å². The molecule has 1 N–H and O–H groups in total. The average molecular weight is 280 g/mol. The number of rotatable bonds is 5. The van der Waals surface area contributed by atoms with E-state index in [2.05, 4.69) is 25.5 Å². The zero-order valence-electron chi connectivity index (χ0n) is 10.4. The monoisotopic (exact) mass is 280 g/mol. The van der Waals surface area contributed by atoms with Crippen LogP contribution < -0.4 is 0 Å². The molecule has 0 aliphatic rings. The minimum absolute atomic E-state index is 0.278. The van der Waals surface area contributed by atoms with E-state index in [1.54, 1.807) is 0 Å². The summed E-state index contributed by atoms with van der Waals surface area (Å²) in [4.78, 5) is 19.2. The lowest BCUT2D eigenvalue weighted by molar-refractivity contribution is -0.138. The lowest BCUT2D eigenvalue weighted by Gasteiger charge is -2.04. The highest BCUT2D eigenvalue weighted by Crippen LogP contribution is 2.23. The molecule has 0 bridgehead atoms. The van der Waals surface area contributed by atoms with Gasteiger partial charge in [-0.1, -0.05) is 6.92 Å². The van der Waals surface area contributed by atoms with Gasteiger partial charge in [-0.25, -0.2) is 14.6 Å². The van der Waals surface area contributed by atoms with Crippen LogP contribution in [-0.2, 0) is 17.8 Å². The summed E-state index contributed by atoms with van der Waals surface area (Å²) >= 11 is 1.22. The molecule has 0 amide bonds. The van der Waals surface area contributed by atoms with Crippen LogP contribution in [0.4, 0.5) is 0 Å². The highest BCUT2D eigenvalue weighted by molar-refractivity contribution is 7.99. The number of carboxylic acid groups (broad SMARTS) is 1. The molecule has 2 rings (SSSR count). The Morgan fingerprint density at radius 3 is 2.95 bits per heavy atom. The zero-order chi connectivity index (χ0) is 13.8. The predicted molar refractivity (Wildman–Crippen MR) is 65.7 cm³/mol. The van der Waals surface area contributed by atoms with Gasteiger partial charge in [0.25, 0.3) is 0 Å². The maximum absolute atomic E-state index is 10.7. The fourth-order valence-corrected chi connectivity index (χ4v) is 2.27. The Hall–Kier alpha value is -2.03. The van der Waals surface area contributed by atoms with E-state index < -0.39 is 5.97 Å². The molecule has 2 heterocycles. The van der Waals surface area contributed by atoms with E-state index >= 15 is 0 Å². The maximum Gasteiger partial charge on any atom is 0.325 e. The largest absolute Gasteiger partial charge is 0.480 e. The first kappa shape index (κ1) is 13.4. The van der Waals surface area contributed by atoms with E-state index in [0.29, 0.717) is 16.0 Å². The van der Waals surface area contributed by atoms with Gasteiger partial charge in [0.1, 0.15) is 17.4 Å². The molecule has 19 heavy (non-hydrogen) atoms. The number of carboxylic acids is 1. The predicted octanol–water partition coefficient (Wildman–Crippen LogP) is 0.570. The number of hydrogen-bond acceptors (Lipinski definition) is 7. The van der Waals surface area contributed by atoms with Crippen molar-refractivity contribution in [2.45, 2.75) is 37.0 Å². The van der Waals surface area contributed by atoms with Crippen LogP contribution in [0.5, 0.6) is 0 Å². The van der Waals surface area contributed by atoms with Gasteiger partial charge in [0.2, 0.25) is 5.16 Å². The van der Waals surface area contributed by atoms with Crippen molar-refractivity contribution in [3.05, 3.63) is 17.6 Å². The maximum atomic E-state index is 10.7. The highest BCUT2D eigenvalue weighted by Gasteiger charge is 2.12. The van der Waals surface area contributed by atoms with Crippen molar-refractivity contribution in [2.24, 2.45) is 0 Å². The molecule has 0 unspecified atom stereocenters. The zero-order valence-corrected chi connectivity index (χ0v) is 11.3. The first-order valence-electron chi connectivity index (χ1n) is 5.59. The van der Waals surface area contributed by atoms with E-state index in [4.69, 9.17) is 5.11 Å². The molecule has 0 atom stereocenters. The molecule has 0 fully saturated rings. The second-order valence-corrected chi connectivity index (χ2v) is 4.70. The van der Waals surface area contributed by atoms with Crippen LogP contribution >= 0.6 is 11.8 Å². The van der Waals surface area contributed by atoms with Crippen molar-refractivity contribution in [2.75, 3.05) is 0 Å². The lowest BCUT2D eigenvalue weighted by Crippen LogP contribution is -2.11. The van der Waals surface area contributed by atoms with Crippen molar-refractivity contribution in [1.82, 2.24) is 30.2 Å². The molecule has 0 radical (unpaired) electrons. The second-order valence-electron chi connectivity index (χ2n) is 3.71. The lowest BCUT2D eigenvalue weighted by atomic mass is 10.3. The SMILES string of the molecule is CCc1cc(Sc2nnnn2CC(=O)O)nc(C)n1. The number of nitrogens with zero attached hydrogens (tertiary/aromatic N) is 6. The number of aryl methyl sites for hydroxylation is 2. The van der Waals surface area contributed by atoms with E-state index in [0.717, 1.165) is 12.1 Å². The summed E-state index contributed by atoms with van der Waals surface area (Å²) in [5.74, 6) is -0.332. The molecule has 2 aromatic heterocycles. The fourth-order valence-electron chi connectivity index (χ4n) is 1.42. The number of tetrazole rings is 1. The van der Waals surface area contributed by atoms with E-state index in [9.17, 15) is 4.79 Å². The quantitative estimate of drug-likeness (QED) is 0.792. The molecular weight excluding hydrogens is 268 g/mol. The van der Waals surface area contributed by atoms with Crippen LogP contribution in [0.25, 0.3) is 0 Å². The van der Waals surface area contributed by atoms with Gasteiger partial charge in [0.15, 0.2) is 0 Å². The van der Waals surface area contributed by atoms with Crippen LogP contribution in [0.1, 0.15) is 18.4 Å². The Balaban J connectivity index is 2.23. The van der Waals surface area contributed by atoms with Crippen molar-refractivity contribution in [1.29, 1.82) is 0 Å². The summed E-state index contributed by atoms with van der Waals surface area (Å²) < 4.78 is 1.22. The highest BCUT2D eigenvalue weighted by atomic mass is 32.2. The molecule has 0 aliphatic heterocycles. The van der Waals surface area contributed by atoms with Crippen LogP contribution in [0, 0.1) is 6.92 Å². The first-order valence-corrected chi connectivity index (χ1v) is 6.40. The van der Waals surface area contributed by atoms with Gasteiger partial charge in [0, 0.05) is 5.69 Å². The Morgan fingerprint density at radius 1 is 1.47 bits per heavy atom. The Morgan fingerprint density at radius 2 is 2.26 bits per heavy atom. The molecule has 0 aliphatic carbocycles. The van der Waals surface area contributed by atoms with Crippen LogP contribution in [0.2, 0.25) is 0 Å². The standard InChI is InChI=1S/C10H12N6O2S/c1-3-7-4-8(12-6(2)11-7)19-10-13-14-15-16(10)5-9(17)18/h4H,3,5H2,1-2H3,(H,17,18). The molecule has 9 heteroatoms. The van der Waals surface area contributed by atoms with Gasteiger partial charge in [-0.3, -0.25) is 4.79 Å².